The molecule has 1 rings (SSSR count). The summed E-state index contributed by atoms with van der Waals surface area (Å²) in [5.74, 6) is 0.736. The number of hydrogen-bond donors (Lipinski definition) is 1. The molecular formula is C10H13N3O. The van der Waals surface area contributed by atoms with E-state index in [2.05, 4.69) is 16.4 Å². The average molecular weight is 191 g/mol. The van der Waals surface area contributed by atoms with E-state index in [9.17, 15) is 0 Å². The summed E-state index contributed by atoms with van der Waals surface area (Å²) in [7, 11) is 1.68. The molecule has 4 heteroatoms. The molecule has 0 saturated heterocycles. The van der Waals surface area contributed by atoms with E-state index < -0.39 is 0 Å². The Hall–Kier alpha value is -1.60. The molecule has 1 aromatic rings. The van der Waals surface area contributed by atoms with Crippen LogP contribution < -0.4 is 5.32 Å². The molecule has 0 amide bonds. The lowest BCUT2D eigenvalue weighted by Crippen LogP contribution is -2.05. The van der Waals surface area contributed by atoms with Gasteiger partial charge in [0.25, 0.3) is 0 Å². The maximum absolute atomic E-state index is 8.65. The van der Waals surface area contributed by atoms with Gasteiger partial charge in [0.2, 0.25) is 0 Å². The third-order valence-electron chi connectivity index (χ3n) is 1.72. The number of nitrogens with zero attached hydrogens (tertiary/aromatic N) is 2. The number of methoxy groups -OCH3 is 1. The van der Waals surface area contributed by atoms with Gasteiger partial charge in [-0.2, -0.15) is 5.26 Å². The van der Waals surface area contributed by atoms with Gasteiger partial charge in [-0.3, -0.25) is 0 Å². The Labute approximate surface area is 83.5 Å². The van der Waals surface area contributed by atoms with Gasteiger partial charge in [0.05, 0.1) is 11.6 Å². The molecule has 14 heavy (non-hydrogen) atoms. The fourth-order valence-corrected chi connectivity index (χ4v) is 1.03. The number of aromatic nitrogens is 1. The zero-order chi connectivity index (χ0) is 10.2. The lowest BCUT2D eigenvalue weighted by Gasteiger charge is -2.04. The topological polar surface area (TPSA) is 57.9 Å². The number of ether oxygens (including phenoxy) is 1. The van der Waals surface area contributed by atoms with E-state index >= 15 is 0 Å². The molecule has 0 radical (unpaired) electrons. The van der Waals surface area contributed by atoms with Crippen LogP contribution in [-0.2, 0) is 4.74 Å². The summed E-state index contributed by atoms with van der Waals surface area (Å²) in [5, 5.41) is 11.8. The van der Waals surface area contributed by atoms with Gasteiger partial charge in [-0.15, -0.1) is 0 Å². The highest BCUT2D eigenvalue weighted by Crippen LogP contribution is 2.04. The van der Waals surface area contributed by atoms with Crippen molar-refractivity contribution in [2.75, 3.05) is 25.6 Å². The van der Waals surface area contributed by atoms with Crippen LogP contribution in [-0.4, -0.2) is 25.2 Å². The average Bonchev–Trinajstić information content (AvgIpc) is 2.25. The number of rotatable bonds is 5. The first kappa shape index (κ1) is 10.5. The fraction of sp³-hybridized carbons (Fsp3) is 0.400. The van der Waals surface area contributed by atoms with Crippen molar-refractivity contribution in [2.45, 2.75) is 6.42 Å². The van der Waals surface area contributed by atoms with Crippen LogP contribution in [0.25, 0.3) is 0 Å². The lowest BCUT2D eigenvalue weighted by molar-refractivity contribution is 0.198. The van der Waals surface area contributed by atoms with E-state index in [4.69, 9.17) is 10.00 Å². The van der Waals surface area contributed by atoms with Crippen molar-refractivity contribution in [2.24, 2.45) is 0 Å². The predicted octanol–water partition coefficient (Wildman–Crippen LogP) is 1.40. The Kier molecular flexibility index (Phi) is 4.45. The van der Waals surface area contributed by atoms with Gasteiger partial charge in [0.15, 0.2) is 0 Å². The number of hydrogen-bond acceptors (Lipinski definition) is 4. The van der Waals surface area contributed by atoms with E-state index in [1.165, 1.54) is 0 Å². The molecule has 0 fully saturated rings. The van der Waals surface area contributed by atoms with Gasteiger partial charge >= 0.3 is 0 Å². The van der Waals surface area contributed by atoms with Crippen molar-refractivity contribution in [3.63, 3.8) is 0 Å². The second-order valence-electron chi connectivity index (χ2n) is 2.81. The van der Waals surface area contributed by atoms with Crippen LogP contribution in [0.3, 0.4) is 0 Å². The predicted molar refractivity (Wildman–Crippen MR) is 53.9 cm³/mol. The Morgan fingerprint density at radius 3 is 3.21 bits per heavy atom. The summed E-state index contributed by atoms with van der Waals surface area (Å²) in [6.07, 6.45) is 2.55. The summed E-state index contributed by atoms with van der Waals surface area (Å²) < 4.78 is 4.91. The highest BCUT2D eigenvalue weighted by Gasteiger charge is 1.94. The molecule has 1 aromatic heterocycles. The van der Waals surface area contributed by atoms with Crippen LogP contribution in [0.5, 0.6) is 0 Å². The van der Waals surface area contributed by atoms with Crippen molar-refractivity contribution in [1.82, 2.24) is 4.98 Å². The Morgan fingerprint density at radius 2 is 2.50 bits per heavy atom. The third kappa shape index (κ3) is 3.42. The maximum Gasteiger partial charge on any atom is 0.127 e. The van der Waals surface area contributed by atoms with Crippen LogP contribution in [0.2, 0.25) is 0 Å². The number of anilines is 1. The van der Waals surface area contributed by atoms with Crippen LogP contribution in [0.4, 0.5) is 5.82 Å². The standard InChI is InChI=1S/C10H13N3O/c1-14-6-2-4-12-10-7-9(8-11)3-5-13-10/h3,5,7H,2,4,6H2,1H3,(H,12,13). The highest BCUT2D eigenvalue weighted by atomic mass is 16.5. The maximum atomic E-state index is 8.65. The molecule has 0 bridgehead atoms. The Balaban J connectivity index is 2.39. The van der Waals surface area contributed by atoms with Gasteiger partial charge in [0, 0.05) is 26.5 Å². The molecule has 0 aliphatic rings. The smallest absolute Gasteiger partial charge is 0.127 e. The molecule has 0 aliphatic heterocycles. The van der Waals surface area contributed by atoms with Crippen molar-refractivity contribution in [3.8, 4) is 6.07 Å². The molecule has 1 N–H and O–H groups in total. The fourth-order valence-electron chi connectivity index (χ4n) is 1.03. The summed E-state index contributed by atoms with van der Waals surface area (Å²) in [6, 6.07) is 5.47. The van der Waals surface area contributed by atoms with Crippen molar-refractivity contribution in [1.29, 1.82) is 5.26 Å². The molecule has 0 aliphatic carbocycles. The van der Waals surface area contributed by atoms with Gasteiger partial charge in [0.1, 0.15) is 5.82 Å². The van der Waals surface area contributed by atoms with Gasteiger partial charge < -0.3 is 10.1 Å². The minimum absolute atomic E-state index is 0.620. The van der Waals surface area contributed by atoms with Gasteiger partial charge in [-0.25, -0.2) is 4.98 Å². The summed E-state index contributed by atoms with van der Waals surface area (Å²) >= 11 is 0. The largest absolute Gasteiger partial charge is 0.385 e. The Bertz CT molecular complexity index is 319. The summed E-state index contributed by atoms with van der Waals surface area (Å²) in [4.78, 5) is 4.08. The van der Waals surface area contributed by atoms with Crippen LogP contribution in [0.15, 0.2) is 18.3 Å². The molecule has 0 unspecified atom stereocenters. The SMILES string of the molecule is COCCCNc1cc(C#N)ccn1. The van der Waals surface area contributed by atoms with E-state index in [1.807, 2.05) is 0 Å². The van der Waals surface area contributed by atoms with Crippen molar-refractivity contribution >= 4 is 5.82 Å². The number of pyridine rings is 1. The van der Waals surface area contributed by atoms with E-state index in [1.54, 1.807) is 25.4 Å². The Morgan fingerprint density at radius 1 is 1.64 bits per heavy atom. The first-order valence-corrected chi connectivity index (χ1v) is 4.46. The zero-order valence-electron chi connectivity index (χ0n) is 8.16. The zero-order valence-corrected chi connectivity index (χ0v) is 8.16. The van der Waals surface area contributed by atoms with Crippen LogP contribution >= 0.6 is 0 Å². The molecular weight excluding hydrogens is 178 g/mol. The van der Waals surface area contributed by atoms with E-state index in [-0.39, 0.29) is 0 Å². The molecule has 1 heterocycles. The second kappa shape index (κ2) is 5.95. The van der Waals surface area contributed by atoms with Crippen LogP contribution in [0, 0.1) is 11.3 Å². The molecule has 74 valence electrons. The van der Waals surface area contributed by atoms with E-state index in [0.717, 1.165) is 25.4 Å². The minimum atomic E-state index is 0.620. The molecule has 0 aromatic carbocycles. The normalized spacial score (nSPS) is 9.43. The summed E-state index contributed by atoms with van der Waals surface area (Å²) in [6.45, 7) is 1.53. The molecule has 0 spiro atoms. The first-order valence-electron chi connectivity index (χ1n) is 4.46. The third-order valence-corrected chi connectivity index (χ3v) is 1.72. The van der Waals surface area contributed by atoms with Gasteiger partial charge in [-0.1, -0.05) is 0 Å². The minimum Gasteiger partial charge on any atom is -0.385 e. The van der Waals surface area contributed by atoms with E-state index in [0.29, 0.717) is 5.56 Å². The van der Waals surface area contributed by atoms with Crippen molar-refractivity contribution in [3.05, 3.63) is 23.9 Å². The number of nitrogens with one attached hydrogen (secondary N) is 1. The first-order chi connectivity index (χ1) is 6.86. The second-order valence-corrected chi connectivity index (χ2v) is 2.81. The monoisotopic (exact) mass is 191 g/mol. The van der Waals surface area contributed by atoms with Crippen molar-refractivity contribution < 1.29 is 4.74 Å². The number of nitriles is 1. The molecule has 0 saturated carbocycles. The molecule has 4 nitrogen and oxygen atoms in total. The van der Waals surface area contributed by atoms with Gasteiger partial charge in [-0.05, 0) is 18.6 Å². The molecule has 0 atom stereocenters. The highest BCUT2D eigenvalue weighted by molar-refractivity contribution is 5.42. The summed E-state index contributed by atoms with van der Waals surface area (Å²) in [5.41, 5.74) is 0.620. The quantitative estimate of drug-likeness (QED) is 0.715. The lowest BCUT2D eigenvalue weighted by atomic mass is 10.3. The van der Waals surface area contributed by atoms with Crippen LogP contribution in [0.1, 0.15) is 12.0 Å².